The van der Waals surface area contributed by atoms with Gasteiger partial charge in [0.2, 0.25) is 0 Å². The molecule has 0 saturated heterocycles. The van der Waals surface area contributed by atoms with Crippen LogP contribution in [0.4, 0.5) is 11.4 Å². The van der Waals surface area contributed by atoms with Gasteiger partial charge in [0.1, 0.15) is 0 Å². The summed E-state index contributed by atoms with van der Waals surface area (Å²) >= 11 is 0. The molecule has 138 valence electrons. The number of amides is 1. The zero-order valence-corrected chi connectivity index (χ0v) is 15.2. The molecule has 2 N–H and O–H groups in total. The zero-order chi connectivity index (χ0) is 19.5. The first-order valence-electron chi connectivity index (χ1n) is 7.46. The molecule has 26 heavy (non-hydrogen) atoms. The summed E-state index contributed by atoms with van der Waals surface area (Å²) in [5.74, 6) is -0.335. The maximum absolute atomic E-state index is 12.4. The molecule has 0 fully saturated rings. The largest absolute Gasteiger partial charge is 0.285 e. The third-order valence-electron chi connectivity index (χ3n) is 3.41. The van der Waals surface area contributed by atoms with Crippen molar-refractivity contribution in [2.24, 2.45) is 0 Å². The number of carbonyl (C=O) groups is 1. The number of hydrogen-bond donors (Lipinski definition) is 2. The van der Waals surface area contributed by atoms with Crippen molar-refractivity contribution >= 4 is 27.3 Å². The molecule has 0 bridgehead atoms. The van der Waals surface area contributed by atoms with Gasteiger partial charge in [0, 0.05) is 37.0 Å². The number of aryl methyl sites for hydroxylation is 1. The Balaban J connectivity index is 2.23. The van der Waals surface area contributed by atoms with Crippen molar-refractivity contribution < 1.29 is 18.1 Å². The molecule has 2 aromatic carbocycles. The molecule has 2 aromatic rings. The van der Waals surface area contributed by atoms with E-state index >= 15 is 0 Å². The van der Waals surface area contributed by atoms with Crippen molar-refractivity contribution in [2.45, 2.75) is 11.8 Å². The second-order valence-corrected chi connectivity index (χ2v) is 7.41. The van der Waals surface area contributed by atoms with Crippen molar-refractivity contribution in [3.05, 3.63) is 63.7 Å². The molecule has 0 aliphatic heterocycles. The first-order valence-corrected chi connectivity index (χ1v) is 8.95. The summed E-state index contributed by atoms with van der Waals surface area (Å²) in [5.41, 5.74) is 3.24. The van der Waals surface area contributed by atoms with Gasteiger partial charge in [-0.05, 0) is 37.3 Å². The Hall–Kier alpha value is -2.98. The summed E-state index contributed by atoms with van der Waals surface area (Å²) in [6.45, 7) is 1.53. The van der Waals surface area contributed by atoms with E-state index in [0.29, 0.717) is 11.1 Å². The average molecular weight is 378 g/mol. The molecule has 0 radical (unpaired) electrons. The first kappa shape index (κ1) is 19.3. The number of sulfonamides is 1. The summed E-state index contributed by atoms with van der Waals surface area (Å²) in [6.07, 6.45) is 0. The molecule has 0 aliphatic rings. The van der Waals surface area contributed by atoms with E-state index in [9.17, 15) is 23.3 Å². The van der Waals surface area contributed by atoms with Crippen LogP contribution in [0.15, 0.2) is 47.4 Å². The topological polar surface area (TPSA) is 122 Å². The van der Waals surface area contributed by atoms with Crippen molar-refractivity contribution in [3.63, 3.8) is 0 Å². The van der Waals surface area contributed by atoms with E-state index < -0.39 is 14.9 Å². The van der Waals surface area contributed by atoms with Crippen LogP contribution in [0.1, 0.15) is 15.9 Å². The highest BCUT2D eigenvalue weighted by Crippen LogP contribution is 2.24. The van der Waals surface area contributed by atoms with Gasteiger partial charge in [0.05, 0.1) is 9.82 Å². The third kappa shape index (κ3) is 4.55. The van der Waals surface area contributed by atoms with Crippen molar-refractivity contribution in [2.75, 3.05) is 18.8 Å². The van der Waals surface area contributed by atoms with Crippen LogP contribution in [0.5, 0.6) is 0 Å². The fraction of sp³-hybridized carbons (Fsp3) is 0.188. The molecular formula is C16H18N4O5S. The molecule has 2 rings (SSSR count). The Morgan fingerprint density at radius 3 is 2.27 bits per heavy atom. The highest BCUT2D eigenvalue weighted by molar-refractivity contribution is 7.92. The number of rotatable bonds is 6. The van der Waals surface area contributed by atoms with Crippen molar-refractivity contribution in [1.82, 2.24) is 10.4 Å². The van der Waals surface area contributed by atoms with E-state index in [0.717, 1.165) is 6.07 Å². The fourth-order valence-electron chi connectivity index (χ4n) is 2.12. The van der Waals surface area contributed by atoms with Gasteiger partial charge in [-0.15, -0.1) is 0 Å². The van der Waals surface area contributed by atoms with Crippen LogP contribution < -0.4 is 10.1 Å². The van der Waals surface area contributed by atoms with Gasteiger partial charge in [-0.25, -0.2) is 13.4 Å². The predicted octanol–water partition coefficient (Wildman–Crippen LogP) is 1.91. The van der Waals surface area contributed by atoms with Crippen LogP contribution in [0, 0.1) is 17.0 Å². The summed E-state index contributed by atoms with van der Waals surface area (Å²) in [6, 6.07) is 9.49. The first-order chi connectivity index (χ1) is 12.1. The Kier molecular flexibility index (Phi) is 5.58. The second kappa shape index (κ2) is 7.50. The number of nitrogens with one attached hydrogen (secondary N) is 2. The molecule has 0 saturated carbocycles. The van der Waals surface area contributed by atoms with Crippen molar-refractivity contribution in [3.8, 4) is 0 Å². The van der Waals surface area contributed by atoms with Gasteiger partial charge < -0.3 is 0 Å². The van der Waals surface area contributed by atoms with E-state index in [1.165, 1.54) is 48.3 Å². The lowest BCUT2D eigenvalue weighted by Gasteiger charge is -2.12. The molecule has 0 heterocycles. The van der Waals surface area contributed by atoms with Gasteiger partial charge in [-0.3, -0.25) is 25.1 Å². The molecule has 1 amide bonds. The minimum Gasteiger partial charge on any atom is -0.285 e. The Morgan fingerprint density at radius 2 is 1.73 bits per heavy atom. The quantitative estimate of drug-likeness (QED) is 0.585. The monoisotopic (exact) mass is 378 g/mol. The average Bonchev–Trinajstić information content (AvgIpc) is 2.54. The normalized spacial score (nSPS) is 11.2. The number of nitro benzene ring substituents is 1. The number of hydrogen-bond acceptors (Lipinski definition) is 6. The smallest absolute Gasteiger partial charge is 0.273 e. The third-order valence-corrected chi connectivity index (χ3v) is 4.79. The summed E-state index contributed by atoms with van der Waals surface area (Å²) in [4.78, 5) is 22.0. The molecular weight excluding hydrogens is 360 g/mol. The number of hydrazine groups is 1. The van der Waals surface area contributed by atoms with Gasteiger partial charge in [-0.1, -0.05) is 6.07 Å². The number of carbonyl (C=O) groups excluding carboxylic acids is 1. The van der Waals surface area contributed by atoms with E-state index in [2.05, 4.69) is 10.1 Å². The molecule has 9 nitrogen and oxygen atoms in total. The fourth-order valence-corrected chi connectivity index (χ4v) is 3.20. The lowest BCUT2D eigenvalue weighted by atomic mass is 10.2. The molecule has 0 aliphatic carbocycles. The maximum atomic E-state index is 12.4. The zero-order valence-electron chi connectivity index (χ0n) is 14.4. The second-order valence-electron chi connectivity index (χ2n) is 5.72. The summed E-state index contributed by atoms with van der Waals surface area (Å²) < 4.78 is 27.2. The van der Waals surface area contributed by atoms with Crippen LogP contribution in [0.3, 0.4) is 0 Å². The van der Waals surface area contributed by atoms with E-state index in [-0.39, 0.29) is 22.2 Å². The number of nitro groups is 1. The minimum absolute atomic E-state index is 0.218. The van der Waals surface area contributed by atoms with Crippen LogP contribution in [-0.2, 0) is 10.0 Å². The lowest BCUT2D eigenvalue weighted by Crippen LogP contribution is -2.36. The van der Waals surface area contributed by atoms with E-state index in [1.807, 2.05) is 0 Å². The Bertz CT molecular complexity index is 940. The molecule has 0 unspecified atom stereocenters. The molecule has 10 heteroatoms. The van der Waals surface area contributed by atoms with Crippen LogP contribution in [-0.4, -0.2) is 38.4 Å². The highest BCUT2D eigenvalue weighted by Gasteiger charge is 2.20. The lowest BCUT2D eigenvalue weighted by molar-refractivity contribution is -0.385. The molecule has 0 aromatic heterocycles. The van der Waals surface area contributed by atoms with Crippen LogP contribution in [0.25, 0.3) is 0 Å². The van der Waals surface area contributed by atoms with Gasteiger partial charge in [-0.2, -0.15) is 0 Å². The molecule has 0 spiro atoms. The number of benzene rings is 2. The van der Waals surface area contributed by atoms with E-state index in [4.69, 9.17) is 0 Å². The Labute approximate surface area is 150 Å². The van der Waals surface area contributed by atoms with Crippen LogP contribution in [0.2, 0.25) is 0 Å². The van der Waals surface area contributed by atoms with Crippen LogP contribution >= 0.6 is 0 Å². The summed E-state index contributed by atoms with van der Waals surface area (Å²) in [7, 11) is -0.666. The van der Waals surface area contributed by atoms with E-state index in [1.54, 1.807) is 14.1 Å². The number of nitrogens with zero attached hydrogens (tertiary/aromatic N) is 2. The standard InChI is InChI=1S/C16H18N4O5S/c1-11-4-9-14(10-15(11)20(22)23)26(24,25)18-13-7-5-12(6-8-13)16(21)17-19(2)3/h4-10,18H,1-3H3,(H,17,21). The minimum atomic E-state index is -4.00. The summed E-state index contributed by atoms with van der Waals surface area (Å²) in [5, 5.41) is 12.5. The van der Waals surface area contributed by atoms with Gasteiger partial charge in [0.25, 0.3) is 21.6 Å². The Morgan fingerprint density at radius 1 is 1.12 bits per heavy atom. The number of anilines is 1. The predicted molar refractivity (Wildman–Crippen MR) is 96.2 cm³/mol. The van der Waals surface area contributed by atoms with Gasteiger partial charge >= 0.3 is 0 Å². The maximum Gasteiger partial charge on any atom is 0.273 e. The van der Waals surface area contributed by atoms with Crippen molar-refractivity contribution in [1.29, 1.82) is 0 Å². The SMILES string of the molecule is Cc1ccc(S(=O)(=O)Nc2ccc(C(=O)NN(C)C)cc2)cc1[N+](=O)[O-]. The van der Waals surface area contributed by atoms with Gasteiger partial charge in [0.15, 0.2) is 0 Å². The molecule has 0 atom stereocenters. The highest BCUT2D eigenvalue weighted by atomic mass is 32.2.